The van der Waals surface area contributed by atoms with Crippen molar-refractivity contribution in [1.82, 2.24) is 4.90 Å². The topological polar surface area (TPSA) is 72.9 Å². The number of nitrogens with zero attached hydrogens (tertiary/aromatic N) is 1. The molecule has 1 aliphatic heterocycles. The fourth-order valence-electron chi connectivity index (χ4n) is 4.12. The first kappa shape index (κ1) is 22.3. The second kappa shape index (κ2) is 8.75. The summed E-state index contributed by atoms with van der Waals surface area (Å²) < 4.78 is 47.2. The average molecular weight is 427 g/mol. The van der Waals surface area contributed by atoms with Gasteiger partial charge in [0.25, 0.3) is 0 Å². The number of hydrogen-bond donors (Lipinski definition) is 0. The molecule has 2 fully saturated rings. The summed E-state index contributed by atoms with van der Waals surface area (Å²) in [5.41, 5.74) is 1.52. The molecule has 2 aliphatic rings. The molecule has 1 saturated heterocycles. The summed E-state index contributed by atoms with van der Waals surface area (Å²) in [5.74, 6) is -2.40. The number of Topliss-reactive ketones (excluding diaryl/α,β-unsaturated/α-hetero) is 2. The molecular weight excluding hydrogens is 403 g/mol. The standard InChI is InChI=1S/C21H24F3NO5/c1-12-7-15(30-11-21(22,23)24)8-13(2)18(12)19-16(26)9-14(20(19)28)10-17(27)25-3-5-29-6-4-25/h7-8,14,19H,3-6,9-11H2,1-2H3. The Bertz CT molecular complexity index is 823. The number of ether oxygens (including phenoxy) is 2. The van der Waals surface area contributed by atoms with Crippen LogP contribution in [-0.2, 0) is 19.1 Å². The highest BCUT2D eigenvalue weighted by Gasteiger charge is 2.44. The molecule has 164 valence electrons. The van der Waals surface area contributed by atoms with Crippen LogP contribution < -0.4 is 4.74 Å². The summed E-state index contributed by atoms with van der Waals surface area (Å²) in [4.78, 5) is 39.8. The van der Waals surface area contributed by atoms with Crippen LogP contribution in [0.1, 0.15) is 35.4 Å². The van der Waals surface area contributed by atoms with Gasteiger partial charge in [-0.3, -0.25) is 14.4 Å². The lowest BCUT2D eigenvalue weighted by Gasteiger charge is -2.27. The van der Waals surface area contributed by atoms with Gasteiger partial charge in [-0.2, -0.15) is 13.2 Å². The van der Waals surface area contributed by atoms with E-state index in [9.17, 15) is 27.6 Å². The molecule has 2 unspecified atom stereocenters. The highest BCUT2D eigenvalue weighted by atomic mass is 19.4. The molecule has 1 aromatic rings. The number of aryl methyl sites for hydroxylation is 2. The van der Waals surface area contributed by atoms with Crippen LogP contribution in [0.3, 0.4) is 0 Å². The molecule has 30 heavy (non-hydrogen) atoms. The molecule has 1 aliphatic carbocycles. The van der Waals surface area contributed by atoms with Gasteiger partial charge < -0.3 is 14.4 Å². The van der Waals surface area contributed by atoms with Crippen molar-refractivity contribution in [3.63, 3.8) is 0 Å². The van der Waals surface area contributed by atoms with E-state index in [1.807, 2.05) is 0 Å². The van der Waals surface area contributed by atoms with Crippen LogP contribution in [0.25, 0.3) is 0 Å². The average Bonchev–Trinajstić information content (AvgIpc) is 2.94. The molecule has 6 nitrogen and oxygen atoms in total. The minimum absolute atomic E-state index is 0.00914. The molecule has 3 rings (SSSR count). The quantitative estimate of drug-likeness (QED) is 0.676. The number of rotatable bonds is 5. The highest BCUT2D eigenvalue weighted by molar-refractivity contribution is 6.15. The maximum Gasteiger partial charge on any atom is 0.422 e. The van der Waals surface area contributed by atoms with Gasteiger partial charge in [0, 0.05) is 31.8 Å². The molecule has 9 heteroatoms. The third-order valence-electron chi connectivity index (χ3n) is 5.50. The number of benzene rings is 1. The zero-order valence-electron chi connectivity index (χ0n) is 16.9. The lowest BCUT2D eigenvalue weighted by molar-refractivity contribution is -0.153. The molecule has 0 spiro atoms. The molecule has 0 bridgehead atoms. The molecule has 1 saturated carbocycles. The smallest absolute Gasteiger partial charge is 0.422 e. The Kier molecular flexibility index (Phi) is 6.50. The van der Waals surface area contributed by atoms with Crippen LogP contribution in [0.2, 0.25) is 0 Å². The number of morpholine rings is 1. The SMILES string of the molecule is Cc1cc(OCC(F)(F)F)cc(C)c1C1C(=O)CC(CC(=O)N2CCOCC2)C1=O. The Balaban J connectivity index is 1.74. The monoisotopic (exact) mass is 427 g/mol. The van der Waals surface area contributed by atoms with Gasteiger partial charge in [0.05, 0.1) is 13.2 Å². The zero-order chi connectivity index (χ0) is 22.1. The van der Waals surface area contributed by atoms with E-state index in [4.69, 9.17) is 9.47 Å². The van der Waals surface area contributed by atoms with Crippen LogP contribution in [-0.4, -0.2) is 61.5 Å². The zero-order valence-corrected chi connectivity index (χ0v) is 16.9. The first-order chi connectivity index (χ1) is 14.1. The molecule has 1 amide bonds. The summed E-state index contributed by atoms with van der Waals surface area (Å²) in [6, 6.07) is 2.81. The van der Waals surface area contributed by atoms with E-state index < -0.39 is 24.6 Å². The lowest BCUT2D eigenvalue weighted by atomic mass is 9.87. The number of carbonyl (C=O) groups excluding carboxylic acids is 3. The van der Waals surface area contributed by atoms with E-state index in [2.05, 4.69) is 0 Å². The largest absolute Gasteiger partial charge is 0.484 e. The van der Waals surface area contributed by atoms with Crippen molar-refractivity contribution in [3.05, 3.63) is 28.8 Å². The van der Waals surface area contributed by atoms with Crippen molar-refractivity contribution in [1.29, 1.82) is 0 Å². The van der Waals surface area contributed by atoms with Gasteiger partial charge in [0.15, 0.2) is 12.4 Å². The van der Waals surface area contributed by atoms with Crippen LogP contribution in [0.15, 0.2) is 12.1 Å². The van der Waals surface area contributed by atoms with Crippen LogP contribution >= 0.6 is 0 Å². The Labute approximate surface area is 172 Å². The van der Waals surface area contributed by atoms with Crippen molar-refractivity contribution >= 4 is 17.5 Å². The van der Waals surface area contributed by atoms with Crippen molar-refractivity contribution in [3.8, 4) is 5.75 Å². The van der Waals surface area contributed by atoms with Crippen molar-refractivity contribution in [2.75, 3.05) is 32.9 Å². The number of hydrogen-bond acceptors (Lipinski definition) is 5. The lowest BCUT2D eigenvalue weighted by Crippen LogP contribution is -2.41. The normalized spacial score (nSPS) is 22.5. The maximum absolute atomic E-state index is 13.0. The summed E-state index contributed by atoms with van der Waals surface area (Å²) in [6.45, 7) is 3.69. The van der Waals surface area contributed by atoms with Gasteiger partial charge in [0.2, 0.25) is 5.91 Å². The Hall–Kier alpha value is -2.42. The molecule has 2 atom stereocenters. The van der Waals surface area contributed by atoms with Gasteiger partial charge in [-0.15, -0.1) is 0 Å². The third kappa shape index (κ3) is 5.00. The fraction of sp³-hybridized carbons (Fsp3) is 0.571. The van der Waals surface area contributed by atoms with E-state index in [-0.39, 0.29) is 36.1 Å². The summed E-state index contributed by atoms with van der Waals surface area (Å²) >= 11 is 0. The van der Waals surface area contributed by atoms with E-state index >= 15 is 0 Å². The predicted octanol–water partition coefficient (Wildman–Crippen LogP) is 2.74. The van der Waals surface area contributed by atoms with E-state index in [1.54, 1.807) is 18.7 Å². The van der Waals surface area contributed by atoms with E-state index in [1.165, 1.54) is 12.1 Å². The van der Waals surface area contributed by atoms with Crippen molar-refractivity contribution < 1.29 is 37.0 Å². The number of amides is 1. The number of carbonyl (C=O) groups is 3. The second-order valence-electron chi connectivity index (χ2n) is 7.77. The van der Waals surface area contributed by atoms with Crippen LogP contribution in [0.4, 0.5) is 13.2 Å². The fourth-order valence-corrected chi connectivity index (χ4v) is 4.12. The van der Waals surface area contributed by atoms with Crippen LogP contribution in [0, 0.1) is 19.8 Å². The van der Waals surface area contributed by atoms with Crippen molar-refractivity contribution in [2.24, 2.45) is 5.92 Å². The molecular formula is C21H24F3NO5. The van der Waals surface area contributed by atoms with Crippen molar-refractivity contribution in [2.45, 2.75) is 38.8 Å². The molecule has 1 heterocycles. The number of alkyl halides is 3. The van der Waals surface area contributed by atoms with Gasteiger partial charge in [-0.05, 0) is 42.7 Å². The molecule has 0 radical (unpaired) electrons. The number of ketones is 2. The molecule has 1 aromatic carbocycles. The van der Waals surface area contributed by atoms with Crippen LogP contribution in [0.5, 0.6) is 5.75 Å². The Morgan fingerprint density at radius 1 is 1.17 bits per heavy atom. The summed E-state index contributed by atoms with van der Waals surface area (Å²) in [7, 11) is 0. The molecule has 0 aromatic heterocycles. The minimum Gasteiger partial charge on any atom is -0.484 e. The van der Waals surface area contributed by atoms with E-state index in [0.29, 0.717) is 43.0 Å². The second-order valence-corrected chi connectivity index (χ2v) is 7.77. The maximum atomic E-state index is 13.0. The van der Waals surface area contributed by atoms with E-state index in [0.717, 1.165) is 0 Å². The molecule has 0 N–H and O–H groups in total. The summed E-state index contributed by atoms with van der Waals surface area (Å²) in [5, 5.41) is 0. The number of halogens is 3. The van der Waals surface area contributed by atoms with Gasteiger partial charge in [-0.25, -0.2) is 0 Å². The van der Waals surface area contributed by atoms with Gasteiger partial charge >= 0.3 is 6.18 Å². The van der Waals surface area contributed by atoms with Gasteiger partial charge in [0.1, 0.15) is 17.5 Å². The first-order valence-electron chi connectivity index (χ1n) is 9.79. The third-order valence-corrected chi connectivity index (χ3v) is 5.50. The Morgan fingerprint density at radius 2 is 1.77 bits per heavy atom. The minimum atomic E-state index is -4.46. The Morgan fingerprint density at radius 3 is 2.33 bits per heavy atom. The van der Waals surface area contributed by atoms with Gasteiger partial charge in [-0.1, -0.05) is 0 Å². The predicted molar refractivity (Wildman–Crippen MR) is 100 cm³/mol. The first-order valence-corrected chi connectivity index (χ1v) is 9.79. The highest BCUT2D eigenvalue weighted by Crippen LogP contribution is 2.38. The summed E-state index contributed by atoms with van der Waals surface area (Å²) in [6.07, 6.45) is -4.49.